The Labute approximate surface area is 145 Å². The lowest BCUT2D eigenvalue weighted by Gasteiger charge is -2.21. The van der Waals surface area contributed by atoms with E-state index in [0.717, 1.165) is 11.8 Å². The van der Waals surface area contributed by atoms with Gasteiger partial charge in [-0.15, -0.1) is 0 Å². The fourth-order valence-electron chi connectivity index (χ4n) is 3.24. The second-order valence-electron chi connectivity index (χ2n) is 6.34. The van der Waals surface area contributed by atoms with Crippen molar-refractivity contribution in [2.45, 2.75) is 19.8 Å². The molecule has 0 saturated carbocycles. The second kappa shape index (κ2) is 7.04. The first-order valence-corrected chi connectivity index (χ1v) is 8.45. The maximum atomic E-state index is 12.7. The summed E-state index contributed by atoms with van der Waals surface area (Å²) >= 11 is 0. The molecule has 1 aliphatic rings. The average molecular weight is 342 g/mol. The van der Waals surface area contributed by atoms with Gasteiger partial charge in [0.2, 0.25) is 11.8 Å². The van der Waals surface area contributed by atoms with Crippen molar-refractivity contribution in [2.24, 2.45) is 7.05 Å². The molecule has 1 aliphatic heterocycles. The van der Waals surface area contributed by atoms with Crippen LogP contribution in [0, 0.1) is 0 Å². The van der Waals surface area contributed by atoms with Crippen LogP contribution in [0.25, 0.3) is 10.8 Å². The molecule has 0 unspecified atom stereocenters. The van der Waals surface area contributed by atoms with Crippen LogP contribution in [0.2, 0.25) is 0 Å². The Morgan fingerprint density at radius 2 is 1.68 bits per heavy atom. The lowest BCUT2D eigenvalue weighted by molar-refractivity contribution is -0.132. The van der Waals surface area contributed by atoms with Crippen molar-refractivity contribution in [1.82, 2.24) is 19.6 Å². The van der Waals surface area contributed by atoms with Gasteiger partial charge in [0.25, 0.3) is 5.56 Å². The third kappa shape index (κ3) is 3.55. The molecule has 1 saturated heterocycles. The molecular weight excluding hydrogens is 320 g/mol. The first-order chi connectivity index (χ1) is 12.0. The second-order valence-corrected chi connectivity index (χ2v) is 6.34. The standard InChI is InChI=1S/C18H22N4O3/c1-13(23)21-8-5-9-22(11-10-21)17(24)12-16-14-6-3-4-7-15(14)18(25)20(2)19-16/h3-4,6-7H,5,8-12H2,1-2H3. The largest absolute Gasteiger partial charge is 0.341 e. The molecule has 132 valence electrons. The maximum Gasteiger partial charge on any atom is 0.274 e. The highest BCUT2D eigenvalue weighted by molar-refractivity contribution is 5.88. The number of carbonyl (C=O) groups is 2. The maximum absolute atomic E-state index is 12.7. The fourth-order valence-corrected chi connectivity index (χ4v) is 3.24. The third-order valence-corrected chi connectivity index (χ3v) is 4.65. The number of aromatic nitrogens is 2. The number of carbonyl (C=O) groups excluding carboxylic acids is 2. The van der Waals surface area contributed by atoms with Crippen LogP contribution in [0.4, 0.5) is 0 Å². The minimum Gasteiger partial charge on any atom is -0.341 e. The van der Waals surface area contributed by atoms with Crippen LogP contribution in [0.5, 0.6) is 0 Å². The van der Waals surface area contributed by atoms with Crippen LogP contribution in [0.1, 0.15) is 19.0 Å². The van der Waals surface area contributed by atoms with Gasteiger partial charge in [-0.1, -0.05) is 18.2 Å². The van der Waals surface area contributed by atoms with E-state index in [0.29, 0.717) is 37.3 Å². The molecule has 2 amide bonds. The highest BCUT2D eigenvalue weighted by atomic mass is 16.2. The zero-order chi connectivity index (χ0) is 18.0. The van der Waals surface area contributed by atoms with E-state index in [4.69, 9.17) is 0 Å². The van der Waals surface area contributed by atoms with E-state index < -0.39 is 0 Å². The summed E-state index contributed by atoms with van der Waals surface area (Å²) in [5.74, 6) is 0.0155. The van der Waals surface area contributed by atoms with Gasteiger partial charge in [-0.05, 0) is 12.5 Å². The van der Waals surface area contributed by atoms with E-state index >= 15 is 0 Å². The molecule has 0 radical (unpaired) electrons. The van der Waals surface area contributed by atoms with Crippen LogP contribution in [0.3, 0.4) is 0 Å². The molecule has 2 aromatic rings. The van der Waals surface area contributed by atoms with Crippen LogP contribution in [-0.4, -0.2) is 57.6 Å². The van der Waals surface area contributed by atoms with Crippen molar-refractivity contribution in [3.05, 3.63) is 40.3 Å². The van der Waals surface area contributed by atoms with Crippen molar-refractivity contribution in [3.63, 3.8) is 0 Å². The van der Waals surface area contributed by atoms with Gasteiger partial charge in [0.1, 0.15) is 0 Å². The third-order valence-electron chi connectivity index (χ3n) is 4.65. The summed E-state index contributed by atoms with van der Waals surface area (Å²) in [7, 11) is 1.60. The Bertz CT molecular complexity index is 874. The minimum atomic E-state index is -0.168. The Kier molecular flexibility index (Phi) is 4.83. The quantitative estimate of drug-likeness (QED) is 0.799. The van der Waals surface area contributed by atoms with E-state index in [9.17, 15) is 14.4 Å². The highest BCUT2D eigenvalue weighted by Gasteiger charge is 2.22. The van der Waals surface area contributed by atoms with Gasteiger partial charge in [-0.3, -0.25) is 14.4 Å². The van der Waals surface area contributed by atoms with E-state index in [2.05, 4.69) is 5.10 Å². The molecule has 0 aliphatic carbocycles. The number of hydrogen-bond acceptors (Lipinski definition) is 4. The van der Waals surface area contributed by atoms with Crippen molar-refractivity contribution >= 4 is 22.6 Å². The smallest absolute Gasteiger partial charge is 0.274 e. The molecule has 0 bridgehead atoms. The first kappa shape index (κ1) is 17.1. The van der Waals surface area contributed by atoms with Crippen LogP contribution >= 0.6 is 0 Å². The molecular formula is C18H22N4O3. The molecule has 2 heterocycles. The number of aryl methyl sites for hydroxylation is 1. The summed E-state index contributed by atoms with van der Waals surface area (Å²) in [6.07, 6.45) is 0.918. The summed E-state index contributed by atoms with van der Waals surface area (Å²) < 4.78 is 1.28. The number of nitrogens with zero attached hydrogens (tertiary/aromatic N) is 4. The summed E-state index contributed by atoms with van der Waals surface area (Å²) in [6.45, 7) is 3.95. The first-order valence-electron chi connectivity index (χ1n) is 8.45. The van der Waals surface area contributed by atoms with Gasteiger partial charge in [0.05, 0.1) is 17.5 Å². The highest BCUT2D eigenvalue weighted by Crippen LogP contribution is 2.15. The number of amides is 2. The molecule has 7 nitrogen and oxygen atoms in total. The topological polar surface area (TPSA) is 75.5 Å². The van der Waals surface area contributed by atoms with Crippen molar-refractivity contribution < 1.29 is 9.59 Å². The van der Waals surface area contributed by atoms with Crippen molar-refractivity contribution in [3.8, 4) is 0 Å². The van der Waals surface area contributed by atoms with E-state index in [1.54, 1.807) is 35.9 Å². The zero-order valence-corrected chi connectivity index (χ0v) is 14.6. The van der Waals surface area contributed by atoms with Gasteiger partial charge in [-0.2, -0.15) is 5.10 Å². The molecule has 1 fully saturated rings. The van der Waals surface area contributed by atoms with Crippen molar-refractivity contribution in [1.29, 1.82) is 0 Å². The molecule has 1 aromatic carbocycles. The van der Waals surface area contributed by atoms with Crippen molar-refractivity contribution in [2.75, 3.05) is 26.2 Å². The van der Waals surface area contributed by atoms with E-state index in [-0.39, 0.29) is 23.8 Å². The summed E-state index contributed by atoms with van der Waals surface area (Å²) in [6, 6.07) is 7.23. The van der Waals surface area contributed by atoms with Gasteiger partial charge < -0.3 is 9.80 Å². The molecule has 3 rings (SSSR count). The summed E-state index contributed by atoms with van der Waals surface area (Å²) in [5, 5.41) is 5.59. The van der Waals surface area contributed by atoms with Gasteiger partial charge in [0, 0.05) is 45.5 Å². The van der Waals surface area contributed by atoms with Crippen LogP contribution in [-0.2, 0) is 23.1 Å². The van der Waals surface area contributed by atoms with E-state index in [1.807, 2.05) is 12.1 Å². The molecule has 0 spiro atoms. The molecule has 7 heteroatoms. The van der Waals surface area contributed by atoms with Crippen LogP contribution < -0.4 is 5.56 Å². The number of benzene rings is 1. The summed E-state index contributed by atoms with van der Waals surface area (Å²) in [5.41, 5.74) is 0.439. The van der Waals surface area contributed by atoms with Gasteiger partial charge >= 0.3 is 0 Å². The predicted octanol–water partition coefficient (Wildman–Crippen LogP) is 0.557. The normalized spacial score (nSPS) is 15.3. The molecule has 25 heavy (non-hydrogen) atoms. The number of hydrogen-bond donors (Lipinski definition) is 0. The Morgan fingerprint density at radius 1 is 1.04 bits per heavy atom. The minimum absolute atomic E-state index is 0.0262. The predicted molar refractivity (Wildman–Crippen MR) is 94.1 cm³/mol. The lowest BCUT2D eigenvalue weighted by Crippen LogP contribution is -2.37. The number of fused-ring (bicyclic) bond motifs is 1. The average Bonchev–Trinajstić information content (AvgIpc) is 2.86. The Balaban J connectivity index is 1.82. The molecule has 0 atom stereocenters. The van der Waals surface area contributed by atoms with E-state index in [1.165, 1.54) is 4.68 Å². The van der Waals surface area contributed by atoms with Crippen LogP contribution in [0.15, 0.2) is 29.1 Å². The lowest BCUT2D eigenvalue weighted by atomic mass is 10.1. The SMILES string of the molecule is CC(=O)N1CCCN(C(=O)Cc2nn(C)c(=O)c3ccccc23)CC1. The zero-order valence-electron chi connectivity index (χ0n) is 14.6. The fraction of sp³-hybridized carbons (Fsp3) is 0.444. The monoisotopic (exact) mass is 342 g/mol. The number of rotatable bonds is 2. The summed E-state index contributed by atoms with van der Waals surface area (Å²) in [4.78, 5) is 40.0. The Morgan fingerprint density at radius 3 is 2.40 bits per heavy atom. The van der Waals surface area contributed by atoms with Gasteiger partial charge in [-0.25, -0.2) is 4.68 Å². The Hall–Kier alpha value is -2.70. The van der Waals surface area contributed by atoms with Gasteiger partial charge in [0.15, 0.2) is 0 Å². The molecule has 1 aromatic heterocycles. The molecule has 0 N–H and O–H groups in total.